The zero-order chi connectivity index (χ0) is 23.8. The molecule has 0 aliphatic heterocycles. The van der Waals surface area contributed by atoms with Crippen molar-refractivity contribution >= 4 is 11.6 Å². The van der Waals surface area contributed by atoms with Crippen molar-refractivity contribution in [2.45, 2.75) is 148 Å². The standard InChI is InChI=1S/C30H53NO2/c1-2-3-4-5-6-7-8-9-10-11-12-13-14-15-16-17-18-19-20-21-22-27-30(33)31-28-25-23-24-26-29(28)32/h23-26,32H,2-22,27H2,1H3,(H,31,33). The van der Waals surface area contributed by atoms with E-state index in [0.29, 0.717) is 12.1 Å². The Morgan fingerprint density at radius 1 is 0.606 bits per heavy atom. The van der Waals surface area contributed by atoms with Crippen LogP contribution < -0.4 is 5.32 Å². The monoisotopic (exact) mass is 459 g/mol. The van der Waals surface area contributed by atoms with Crippen LogP contribution in [0.5, 0.6) is 5.75 Å². The molecule has 0 spiro atoms. The van der Waals surface area contributed by atoms with Crippen LogP contribution in [-0.4, -0.2) is 11.0 Å². The number of carbonyl (C=O) groups excluding carboxylic acids is 1. The third-order valence-electron chi connectivity index (χ3n) is 6.69. The third kappa shape index (κ3) is 18.6. The summed E-state index contributed by atoms with van der Waals surface area (Å²) in [7, 11) is 0. The number of phenols is 1. The first kappa shape index (κ1) is 29.5. The number of phenolic OH excluding ortho intramolecular Hbond substituents is 1. The Kier molecular flexibility index (Phi) is 19.9. The van der Waals surface area contributed by atoms with Crippen molar-refractivity contribution in [1.29, 1.82) is 0 Å². The lowest BCUT2D eigenvalue weighted by atomic mass is 10.0. The number of hydrogen-bond acceptors (Lipinski definition) is 2. The summed E-state index contributed by atoms with van der Waals surface area (Å²) < 4.78 is 0. The van der Waals surface area contributed by atoms with Crippen molar-refractivity contribution in [3.63, 3.8) is 0 Å². The van der Waals surface area contributed by atoms with Gasteiger partial charge in [-0.1, -0.05) is 147 Å². The van der Waals surface area contributed by atoms with E-state index in [0.717, 1.165) is 12.8 Å². The Morgan fingerprint density at radius 2 is 0.970 bits per heavy atom. The van der Waals surface area contributed by atoms with Crippen molar-refractivity contribution in [2.75, 3.05) is 5.32 Å². The molecule has 0 atom stereocenters. The maximum atomic E-state index is 11.9. The molecule has 1 aromatic carbocycles. The molecule has 0 heterocycles. The summed E-state index contributed by atoms with van der Waals surface area (Å²) in [5.74, 6) is 0.124. The average Bonchev–Trinajstić information content (AvgIpc) is 2.81. The first-order chi connectivity index (χ1) is 16.2. The second-order valence-corrected chi connectivity index (χ2v) is 9.89. The number of benzene rings is 1. The van der Waals surface area contributed by atoms with E-state index >= 15 is 0 Å². The van der Waals surface area contributed by atoms with Crippen LogP contribution >= 0.6 is 0 Å². The molecule has 0 bridgehead atoms. The summed E-state index contributed by atoms with van der Waals surface area (Å²) in [6, 6.07) is 6.89. The smallest absolute Gasteiger partial charge is 0.224 e. The number of amides is 1. The van der Waals surface area contributed by atoms with E-state index in [-0.39, 0.29) is 11.7 Å². The van der Waals surface area contributed by atoms with Gasteiger partial charge < -0.3 is 10.4 Å². The number of anilines is 1. The highest BCUT2D eigenvalue weighted by Gasteiger charge is 2.05. The largest absolute Gasteiger partial charge is 0.506 e. The van der Waals surface area contributed by atoms with Gasteiger partial charge in [0.1, 0.15) is 5.75 Å². The third-order valence-corrected chi connectivity index (χ3v) is 6.69. The summed E-state index contributed by atoms with van der Waals surface area (Å²) in [6.07, 6.45) is 29.3. The molecule has 3 heteroatoms. The maximum Gasteiger partial charge on any atom is 0.224 e. The fourth-order valence-corrected chi connectivity index (χ4v) is 4.51. The minimum Gasteiger partial charge on any atom is -0.506 e. The summed E-state index contributed by atoms with van der Waals surface area (Å²) in [4.78, 5) is 11.9. The fourth-order valence-electron chi connectivity index (χ4n) is 4.51. The molecule has 0 aliphatic carbocycles. The normalized spacial score (nSPS) is 11.1. The summed E-state index contributed by atoms with van der Waals surface area (Å²) in [6.45, 7) is 2.29. The van der Waals surface area contributed by atoms with Crippen LogP contribution in [0.15, 0.2) is 24.3 Å². The topological polar surface area (TPSA) is 49.3 Å². The Hall–Kier alpha value is -1.51. The minimum atomic E-state index is -0.00527. The molecule has 1 rings (SSSR count). The second-order valence-electron chi connectivity index (χ2n) is 9.89. The predicted octanol–water partition coefficient (Wildman–Crippen LogP) is 9.93. The van der Waals surface area contributed by atoms with E-state index in [9.17, 15) is 9.90 Å². The van der Waals surface area contributed by atoms with Crippen LogP contribution in [0.1, 0.15) is 148 Å². The molecule has 0 fully saturated rings. The van der Waals surface area contributed by atoms with Gasteiger partial charge in [-0.25, -0.2) is 0 Å². The van der Waals surface area contributed by atoms with E-state index < -0.39 is 0 Å². The van der Waals surface area contributed by atoms with Gasteiger partial charge in [0.2, 0.25) is 5.91 Å². The minimum absolute atomic E-state index is 0.00527. The molecule has 0 unspecified atom stereocenters. The van der Waals surface area contributed by atoms with Crippen LogP contribution in [0, 0.1) is 0 Å². The van der Waals surface area contributed by atoms with Gasteiger partial charge in [-0.05, 0) is 18.6 Å². The first-order valence-corrected chi connectivity index (χ1v) is 14.3. The van der Waals surface area contributed by atoms with Gasteiger partial charge >= 0.3 is 0 Å². The predicted molar refractivity (Wildman–Crippen MR) is 144 cm³/mol. The zero-order valence-corrected chi connectivity index (χ0v) is 21.7. The van der Waals surface area contributed by atoms with Crippen LogP contribution in [0.4, 0.5) is 5.69 Å². The average molecular weight is 460 g/mol. The molecule has 33 heavy (non-hydrogen) atoms. The van der Waals surface area contributed by atoms with Gasteiger partial charge in [0.15, 0.2) is 0 Å². The van der Waals surface area contributed by atoms with E-state index in [2.05, 4.69) is 12.2 Å². The Balaban J connectivity index is 1.74. The van der Waals surface area contributed by atoms with E-state index in [1.165, 1.54) is 122 Å². The number of rotatable bonds is 23. The number of para-hydroxylation sites is 2. The van der Waals surface area contributed by atoms with E-state index in [1.54, 1.807) is 18.2 Å². The second kappa shape index (κ2) is 22.3. The van der Waals surface area contributed by atoms with Crippen LogP contribution in [0.25, 0.3) is 0 Å². The van der Waals surface area contributed by atoms with E-state index in [4.69, 9.17) is 0 Å². The molecule has 0 saturated heterocycles. The highest BCUT2D eigenvalue weighted by atomic mass is 16.3. The van der Waals surface area contributed by atoms with Gasteiger partial charge in [-0.3, -0.25) is 4.79 Å². The summed E-state index contributed by atoms with van der Waals surface area (Å²) in [5, 5.41) is 12.5. The number of hydrogen-bond donors (Lipinski definition) is 2. The van der Waals surface area contributed by atoms with Gasteiger partial charge in [-0.2, -0.15) is 0 Å². The van der Waals surface area contributed by atoms with Gasteiger partial charge in [0.05, 0.1) is 5.69 Å². The van der Waals surface area contributed by atoms with Crippen LogP contribution in [-0.2, 0) is 4.79 Å². The lowest BCUT2D eigenvalue weighted by Gasteiger charge is -2.07. The van der Waals surface area contributed by atoms with Gasteiger partial charge in [-0.15, -0.1) is 0 Å². The number of nitrogens with one attached hydrogen (secondary N) is 1. The van der Waals surface area contributed by atoms with E-state index in [1.807, 2.05) is 6.07 Å². The highest BCUT2D eigenvalue weighted by molar-refractivity contribution is 5.92. The summed E-state index contributed by atoms with van der Waals surface area (Å²) >= 11 is 0. The van der Waals surface area contributed by atoms with Crippen LogP contribution in [0.3, 0.4) is 0 Å². The maximum absolute atomic E-state index is 11.9. The lowest BCUT2D eigenvalue weighted by molar-refractivity contribution is -0.116. The fraction of sp³-hybridized carbons (Fsp3) is 0.767. The number of carbonyl (C=O) groups is 1. The molecular formula is C30H53NO2. The summed E-state index contributed by atoms with van der Waals surface area (Å²) in [5.41, 5.74) is 0.506. The Labute approximate surface area is 205 Å². The van der Waals surface area contributed by atoms with Gasteiger partial charge in [0, 0.05) is 6.42 Å². The molecule has 2 N–H and O–H groups in total. The molecular weight excluding hydrogens is 406 g/mol. The zero-order valence-electron chi connectivity index (χ0n) is 21.7. The van der Waals surface area contributed by atoms with Crippen molar-refractivity contribution in [3.05, 3.63) is 24.3 Å². The molecule has 0 radical (unpaired) electrons. The van der Waals surface area contributed by atoms with Crippen molar-refractivity contribution in [2.24, 2.45) is 0 Å². The van der Waals surface area contributed by atoms with Crippen LogP contribution in [0.2, 0.25) is 0 Å². The molecule has 0 aromatic heterocycles. The van der Waals surface area contributed by atoms with Crippen molar-refractivity contribution < 1.29 is 9.90 Å². The number of aromatic hydroxyl groups is 1. The molecule has 1 amide bonds. The Morgan fingerprint density at radius 3 is 1.36 bits per heavy atom. The quantitative estimate of drug-likeness (QED) is 0.126. The Bertz CT molecular complexity index is 572. The first-order valence-electron chi connectivity index (χ1n) is 14.3. The molecule has 1 aromatic rings. The van der Waals surface area contributed by atoms with Crippen molar-refractivity contribution in [1.82, 2.24) is 0 Å². The van der Waals surface area contributed by atoms with Gasteiger partial charge in [0.25, 0.3) is 0 Å². The molecule has 0 aliphatic rings. The number of unbranched alkanes of at least 4 members (excludes halogenated alkanes) is 20. The van der Waals surface area contributed by atoms with Crippen molar-refractivity contribution in [3.8, 4) is 5.75 Å². The molecule has 190 valence electrons. The SMILES string of the molecule is CCCCCCCCCCCCCCCCCCCCCCCC(=O)Nc1ccccc1O. The lowest BCUT2D eigenvalue weighted by Crippen LogP contribution is -2.11. The molecule has 3 nitrogen and oxygen atoms in total. The molecule has 0 saturated carbocycles. The highest BCUT2D eigenvalue weighted by Crippen LogP contribution is 2.22.